The number of nitrogens with zero attached hydrogens (tertiary/aromatic N) is 4. The van der Waals surface area contributed by atoms with E-state index in [1.54, 1.807) is 18.0 Å². The highest BCUT2D eigenvalue weighted by molar-refractivity contribution is 6.11. The molecule has 0 atom stereocenters. The zero-order chi connectivity index (χ0) is 17.4. The lowest BCUT2D eigenvalue weighted by Gasteiger charge is -2.09. The summed E-state index contributed by atoms with van der Waals surface area (Å²) in [6, 6.07) is 2.06. The Bertz CT molecular complexity index is 1050. The number of pyridine rings is 2. The molecular formula is C17H18N6O2. The molecule has 0 bridgehead atoms. The van der Waals surface area contributed by atoms with Crippen LogP contribution < -0.4 is 10.5 Å². The van der Waals surface area contributed by atoms with Gasteiger partial charge < -0.3 is 20.2 Å². The predicted octanol–water partition coefficient (Wildman–Crippen LogP) is 2.12. The first-order chi connectivity index (χ1) is 12.2. The second kappa shape index (κ2) is 6.06. The first-order valence-electron chi connectivity index (χ1n) is 7.84. The van der Waals surface area contributed by atoms with Crippen molar-refractivity contribution in [3.05, 3.63) is 30.9 Å². The van der Waals surface area contributed by atoms with Crippen LogP contribution >= 0.6 is 0 Å². The maximum absolute atomic E-state index is 6.05. The molecule has 4 heterocycles. The van der Waals surface area contributed by atoms with Crippen LogP contribution in [0.1, 0.15) is 0 Å². The number of aromatic nitrogens is 5. The zero-order valence-corrected chi connectivity index (χ0v) is 14.0. The van der Waals surface area contributed by atoms with Gasteiger partial charge in [0, 0.05) is 43.1 Å². The molecule has 8 heteroatoms. The van der Waals surface area contributed by atoms with Gasteiger partial charge >= 0.3 is 0 Å². The first-order valence-corrected chi connectivity index (χ1v) is 7.84. The fourth-order valence-electron chi connectivity index (χ4n) is 2.85. The van der Waals surface area contributed by atoms with Gasteiger partial charge in [0.25, 0.3) is 0 Å². The maximum atomic E-state index is 6.05. The maximum Gasteiger partial charge on any atom is 0.171 e. The minimum atomic E-state index is 0.344. The molecular weight excluding hydrogens is 320 g/mol. The Morgan fingerprint density at radius 3 is 2.80 bits per heavy atom. The highest BCUT2D eigenvalue weighted by Gasteiger charge is 2.16. The number of H-pyrrole nitrogens is 1. The highest BCUT2D eigenvalue weighted by Crippen LogP contribution is 2.36. The normalized spacial score (nSPS) is 11.4. The summed E-state index contributed by atoms with van der Waals surface area (Å²) >= 11 is 0. The lowest BCUT2D eigenvalue weighted by Crippen LogP contribution is -2.07. The van der Waals surface area contributed by atoms with Gasteiger partial charge in [0.2, 0.25) is 0 Å². The van der Waals surface area contributed by atoms with Crippen LogP contribution in [0.15, 0.2) is 30.9 Å². The Morgan fingerprint density at radius 1 is 1.16 bits per heavy atom. The minimum Gasteiger partial charge on any atom is -0.487 e. The van der Waals surface area contributed by atoms with E-state index >= 15 is 0 Å². The molecule has 128 valence electrons. The fraction of sp³-hybridized carbons (Fsp3) is 0.235. The molecule has 4 aromatic heterocycles. The van der Waals surface area contributed by atoms with Gasteiger partial charge in [-0.15, -0.1) is 0 Å². The van der Waals surface area contributed by atoms with E-state index in [0.29, 0.717) is 24.8 Å². The number of hydrogen-bond acceptors (Lipinski definition) is 6. The van der Waals surface area contributed by atoms with Gasteiger partial charge in [-0.1, -0.05) is 0 Å². The lowest BCUT2D eigenvalue weighted by molar-refractivity contribution is 0.147. The van der Waals surface area contributed by atoms with Gasteiger partial charge in [-0.25, -0.2) is 9.97 Å². The number of nitrogen functional groups attached to an aromatic ring is 1. The van der Waals surface area contributed by atoms with E-state index < -0.39 is 0 Å². The molecule has 3 N–H and O–H groups in total. The summed E-state index contributed by atoms with van der Waals surface area (Å²) in [6.45, 7) is 0.862. The first kappa shape index (κ1) is 15.4. The molecule has 25 heavy (non-hydrogen) atoms. The molecule has 0 aliphatic carbocycles. The van der Waals surface area contributed by atoms with Crippen molar-refractivity contribution in [3.63, 3.8) is 0 Å². The molecule has 0 spiro atoms. The van der Waals surface area contributed by atoms with Gasteiger partial charge in [-0.2, -0.15) is 5.10 Å². The molecule has 0 aliphatic heterocycles. The topological polar surface area (TPSA) is 104 Å². The van der Waals surface area contributed by atoms with Crippen molar-refractivity contribution in [2.45, 2.75) is 0 Å². The van der Waals surface area contributed by atoms with E-state index in [4.69, 9.17) is 15.2 Å². The summed E-state index contributed by atoms with van der Waals surface area (Å²) < 4.78 is 12.6. The number of fused-ring (bicyclic) bond motifs is 3. The number of methoxy groups -OCH3 is 1. The number of hydrogen-bond donors (Lipinski definition) is 2. The van der Waals surface area contributed by atoms with Crippen molar-refractivity contribution in [1.29, 1.82) is 0 Å². The lowest BCUT2D eigenvalue weighted by atomic mass is 10.1. The Balaban J connectivity index is 1.90. The smallest absolute Gasteiger partial charge is 0.171 e. The van der Waals surface area contributed by atoms with Crippen molar-refractivity contribution in [2.24, 2.45) is 7.05 Å². The standard InChI is InChI=1S/C17H18N6O2/c1-23-9-11(7-21-23)10-5-12-14-13(22-17(12)20-6-10)8-19-16(18)15(14)25-4-3-24-2/h5-9H,3-4H2,1-2H3,(H2,18,19)(H,20,22). The SMILES string of the molecule is COCCOc1c(N)ncc2[nH]c3ncc(-c4cnn(C)c4)cc3c12. The molecule has 0 unspecified atom stereocenters. The van der Waals surface area contributed by atoms with Crippen molar-refractivity contribution in [3.8, 4) is 16.9 Å². The average Bonchev–Trinajstić information content (AvgIpc) is 3.20. The summed E-state index contributed by atoms with van der Waals surface area (Å²) in [6.07, 6.45) is 7.27. The summed E-state index contributed by atoms with van der Waals surface area (Å²) in [5.74, 6) is 0.891. The van der Waals surface area contributed by atoms with E-state index in [2.05, 4.69) is 26.1 Å². The highest BCUT2D eigenvalue weighted by atomic mass is 16.5. The Morgan fingerprint density at radius 2 is 2.04 bits per heavy atom. The van der Waals surface area contributed by atoms with Crippen molar-refractivity contribution in [2.75, 3.05) is 26.1 Å². The molecule has 8 nitrogen and oxygen atoms in total. The second-order valence-electron chi connectivity index (χ2n) is 5.75. The Hall–Kier alpha value is -3.13. The van der Waals surface area contributed by atoms with Crippen molar-refractivity contribution < 1.29 is 9.47 Å². The molecule has 0 aliphatic rings. The molecule has 0 fully saturated rings. The quantitative estimate of drug-likeness (QED) is 0.540. The molecule has 0 saturated carbocycles. The van der Waals surface area contributed by atoms with E-state index in [1.165, 1.54) is 0 Å². The van der Waals surface area contributed by atoms with E-state index in [0.717, 1.165) is 33.1 Å². The summed E-state index contributed by atoms with van der Waals surface area (Å²) in [5.41, 5.74) is 9.60. The monoisotopic (exact) mass is 338 g/mol. The number of rotatable bonds is 5. The van der Waals surface area contributed by atoms with Crippen LogP contribution in [0.2, 0.25) is 0 Å². The predicted molar refractivity (Wildman–Crippen MR) is 95.4 cm³/mol. The number of nitrogens with two attached hydrogens (primary N) is 1. The van der Waals surface area contributed by atoms with E-state index in [1.807, 2.05) is 25.6 Å². The number of aryl methyl sites for hydroxylation is 1. The number of anilines is 1. The Kier molecular flexibility index (Phi) is 3.73. The van der Waals surface area contributed by atoms with Crippen molar-refractivity contribution >= 4 is 27.8 Å². The molecule has 0 radical (unpaired) electrons. The van der Waals surface area contributed by atoms with Crippen LogP contribution in [0, 0.1) is 0 Å². The van der Waals surface area contributed by atoms with Crippen LogP contribution in [0.5, 0.6) is 5.75 Å². The van der Waals surface area contributed by atoms with Crippen LogP contribution in [-0.4, -0.2) is 45.1 Å². The number of aromatic amines is 1. The average molecular weight is 338 g/mol. The van der Waals surface area contributed by atoms with Crippen LogP contribution in [0.3, 0.4) is 0 Å². The van der Waals surface area contributed by atoms with Gasteiger partial charge in [0.15, 0.2) is 11.6 Å². The van der Waals surface area contributed by atoms with Crippen molar-refractivity contribution in [1.82, 2.24) is 24.7 Å². The van der Waals surface area contributed by atoms with E-state index in [-0.39, 0.29) is 0 Å². The fourth-order valence-corrected chi connectivity index (χ4v) is 2.85. The largest absolute Gasteiger partial charge is 0.487 e. The summed E-state index contributed by atoms with van der Waals surface area (Å²) in [5, 5.41) is 6.02. The minimum absolute atomic E-state index is 0.344. The van der Waals surface area contributed by atoms with Crippen LogP contribution in [-0.2, 0) is 11.8 Å². The third-order valence-electron chi connectivity index (χ3n) is 4.04. The summed E-state index contributed by atoms with van der Waals surface area (Å²) in [7, 11) is 3.51. The molecule has 0 saturated heterocycles. The molecule has 0 aromatic carbocycles. The summed E-state index contributed by atoms with van der Waals surface area (Å²) in [4.78, 5) is 12.0. The number of ether oxygens (including phenoxy) is 2. The molecule has 0 amide bonds. The number of nitrogens with one attached hydrogen (secondary N) is 1. The van der Waals surface area contributed by atoms with Crippen LogP contribution in [0.25, 0.3) is 33.1 Å². The van der Waals surface area contributed by atoms with E-state index in [9.17, 15) is 0 Å². The van der Waals surface area contributed by atoms with Crippen LogP contribution in [0.4, 0.5) is 5.82 Å². The van der Waals surface area contributed by atoms with Gasteiger partial charge in [-0.3, -0.25) is 4.68 Å². The Labute approximate surface area is 143 Å². The van der Waals surface area contributed by atoms with Gasteiger partial charge in [0.05, 0.1) is 29.9 Å². The third kappa shape index (κ3) is 2.66. The molecule has 4 aromatic rings. The third-order valence-corrected chi connectivity index (χ3v) is 4.04. The second-order valence-corrected chi connectivity index (χ2v) is 5.75. The molecule has 4 rings (SSSR count). The van der Waals surface area contributed by atoms with Gasteiger partial charge in [-0.05, 0) is 6.07 Å². The van der Waals surface area contributed by atoms with Gasteiger partial charge in [0.1, 0.15) is 12.3 Å². The zero-order valence-electron chi connectivity index (χ0n) is 14.0.